The van der Waals surface area contributed by atoms with Gasteiger partial charge in [0.15, 0.2) is 0 Å². The molecule has 2 bridgehead atoms. The molecule has 1 aromatic rings. The minimum absolute atomic E-state index is 0.00309. The predicted octanol–water partition coefficient (Wildman–Crippen LogP) is 3.60. The normalized spacial score (nSPS) is 23.4. The highest BCUT2D eigenvalue weighted by Crippen LogP contribution is 2.36. The lowest BCUT2D eigenvalue weighted by Crippen LogP contribution is -2.25. The summed E-state index contributed by atoms with van der Waals surface area (Å²) in [6.07, 6.45) is 5.42. The summed E-state index contributed by atoms with van der Waals surface area (Å²) < 4.78 is 32.6. The Morgan fingerprint density at radius 2 is 1.79 bits per heavy atom. The van der Waals surface area contributed by atoms with Gasteiger partial charge in [0.1, 0.15) is 5.75 Å². The van der Waals surface area contributed by atoms with Crippen LogP contribution in [0.2, 0.25) is 0 Å². The number of fused-ring (bicyclic) bond motifs is 1. The standard InChI is InChI=1S/C8H5ClF2O2.C5H8O/c9-7(12)5-1-3-6(4-2-5)13-8(10)11;1-2-5-3-4(1)6-5/h1-4,8H;4-5H,1-3H2. The number of carbonyl (C=O) groups is 1. The molecule has 2 saturated heterocycles. The van der Waals surface area contributed by atoms with E-state index in [2.05, 4.69) is 4.74 Å². The van der Waals surface area contributed by atoms with Gasteiger partial charge < -0.3 is 9.47 Å². The lowest BCUT2D eigenvalue weighted by atomic mass is 10.2. The Balaban J connectivity index is 0.000000180. The summed E-state index contributed by atoms with van der Waals surface area (Å²) in [6.45, 7) is -2.86. The van der Waals surface area contributed by atoms with Crippen LogP contribution in [0, 0.1) is 0 Å². The molecule has 104 valence electrons. The number of alkyl halides is 2. The zero-order valence-electron chi connectivity index (χ0n) is 10.0. The molecular formula is C13H13ClF2O3. The van der Waals surface area contributed by atoms with Crippen LogP contribution in [0.4, 0.5) is 8.78 Å². The van der Waals surface area contributed by atoms with Crippen molar-refractivity contribution in [2.75, 3.05) is 0 Å². The number of carbonyl (C=O) groups excluding carboxylic acids is 1. The first kappa shape index (κ1) is 14.2. The van der Waals surface area contributed by atoms with Crippen molar-refractivity contribution in [3.8, 4) is 5.75 Å². The highest BCUT2D eigenvalue weighted by Gasteiger charge is 2.36. The molecule has 19 heavy (non-hydrogen) atoms. The zero-order chi connectivity index (χ0) is 13.8. The number of hydrogen-bond donors (Lipinski definition) is 0. The van der Waals surface area contributed by atoms with Crippen molar-refractivity contribution in [3.05, 3.63) is 29.8 Å². The summed E-state index contributed by atoms with van der Waals surface area (Å²) in [6, 6.07) is 5.13. The first-order valence-corrected chi connectivity index (χ1v) is 6.32. The van der Waals surface area contributed by atoms with Crippen molar-refractivity contribution in [2.24, 2.45) is 0 Å². The lowest BCUT2D eigenvalue weighted by molar-refractivity contribution is -0.0647. The average Bonchev–Trinajstić information content (AvgIpc) is 2.92. The van der Waals surface area contributed by atoms with Gasteiger partial charge in [0.25, 0.3) is 5.24 Å². The summed E-state index contributed by atoms with van der Waals surface area (Å²) in [5.74, 6) is -0.00309. The number of benzene rings is 1. The van der Waals surface area contributed by atoms with Crippen molar-refractivity contribution in [1.82, 2.24) is 0 Å². The van der Waals surface area contributed by atoms with Gasteiger partial charge in [0.05, 0.1) is 12.2 Å². The van der Waals surface area contributed by atoms with E-state index in [1.54, 1.807) is 0 Å². The van der Waals surface area contributed by atoms with Crippen molar-refractivity contribution in [1.29, 1.82) is 0 Å². The Labute approximate surface area is 114 Å². The number of ether oxygens (including phenoxy) is 2. The molecule has 0 spiro atoms. The fourth-order valence-corrected chi connectivity index (χ4v) is 2.19. The summed E-state index contributed by atoms with van der Waals surface area (Å²) in [5, 5.41) is -0.636. The number of halogens is 3. The second-order valence-corrected chi connectivity index (χ2v) is 4.71. The first-order chi connectivity index (χ1) is 9.04. The Morgan fingerprint density at radius 3 is 2.11 bits per heavy atom. The van der Waals surface area contributed by atoms with Crippen LogP contribution >= 0.6 is 11.6 Å². The van der Waals surface area contributed by atoms with E-state index in [4.69, 9.17) is 16.3 Å². The largest absolute Gasteiger partial charge is 0.435 e. The summed E-state index contributed by atoms with van der Waals surface area (Å²) in [5.41, 5.74) is 0.239. The molecule has 0 radical (unpaired) electrons. The molecule has 1 aliphatic carbocycles. The second-order valence-electron chi connectivity index (χ2n) is 4.37. The zero-order valence-corrected chi connectivity index (χ0v) is 10.8. The Kier molecular flexibility index (Phi) is 4.71. The maximum Gasteiger partial charge on any atom is 0.387 e. The number of rotatable bonds is 3. The van der Waals surface area contributed by atoms with E-state index in [0.29, 0.717) is 12.2 Å². The van der Waals surface area contributed by atoms with Crippen molar-refractivity contribution in [2.45, 2.75) is 38.1 Å². The fraction of sp³-hybridized carbons (Fsp3) is 0.462. The maximum atomic E-state index is 11.7. The molecule has 3 fully saturated rings. The molecular weight excluding hydrogens is 278 g/mol. The van der Waals surface area contributed by atoms with Gasteiger partial charge in [-0.2, -0.15) is 8.78 Å². The molecule has 1 aromatic carbocycles. The first-order valence-electron chi connectivity index (χ1n) is 5.95. The summed E-state index contributed by atoms with van der Waals surface area (Å²) in [4.78, 5) is 10.6. The van der Waals surface area contributed by atoms with Gasteiger partial charge in [-0.1, -0.05) is 0 Å². The van der Waals surface area contributed by atoms with Gasteiger partial charge >= 0.3 is 6.61 Å². The highest BCUT2D eigenvalue weighted by molar-refractivity contribution is 6.67. The summed E-state index contributed by atoms with van der Waals surface area (Å²) in [7, 11) is 0. The summed E-state index contributed by atoms with van der Waals surface area (Å²) >= 11 is 5.13. The molecule has 2 atom stereocenters. The van der Waals surface area contributed by atoms with Gasteiger partial charge in [-0.05, 0) is 55.1 Å². The van der Waals surface area contributed by atoms with E-state index in [1.807, 2.05) is 0 Å². The van der Waals surface area contributed by atoms with Gasteiger partial charge in [-0.15, -0.1) is 0 Å². The molecule has 4 rings (SSSR count). The topological polar surface area (TPSA) is 35.5 Å². The SMILES string of the molecule is C1CC2CC1O2.O=C(Cl)c1ccc(OC(F)F)cc1. The Hall–Kier alpha value is -1.20. The molecule has 0 aromatic heterocycles. The van der Waals surface area contributed by atoms with Crippen molar-refractivity contribution >= 4 is 16.8 Å². The minimum Gasteiger partial charge on any atom is -0.435 e. The maximum absolute atomic E-state index is 11.7. The van der Waals surface area contributed by atoms with E-state index in [-0.39, 0.29) is 11.3 Å². The monoisotopic (exact) mass is 290 g/mol. The predicted molar refractivity (Wildman–Crippen MR) is 65.8 cm³/mol. The van der Waals surface area contributed by atoms with E-state index >= 15 is 0 Å². The molecule has 2 aliphatic heterocycles. The van der Waals surface area contributed by atoms with Crippen molar-refractivity contribution in [3.63, 3.8) is 0 Å². The average molecular weight is 291 g/mol. The van der Waals surface area contributed by atoms with Crippen LogP contribution in [0.1, 0.15) is 29.6 Å². The van der Waals surface area contributed by atoms with Crippen LogP contribution in [0.25, 0.3) is 0 Å². The molecule has 0 amide bonds. The molecule has 6 heteroatoms. The second kappa shape index (κ2) is 6.30. The van der Waals surface area contributed by atoms with Crippen LogP contribution in [-0.4, -0.2) is 24.1 Å². The van der Waals surface area contributed by atoms with Crippen LogP contribution in [-0.2, 0) is 4.74 Å². The third-order valence-electron chi connectivity index (χ3n) is 3.03. The van der Waals surface area contributed by atoms with Crippen LogP contribution in [0.15, 0.2) is 24.3 Å². The van der Waals surface area contributed by atoms with E-state index in [1.165, 1.54) is 43.5 Å². The van der Waals surface area contributed by atoms with Gasteiger partial charge in [-0.25, -0.2) is 0 Å². The van der Waals surface area contributed by atoms with E-state index in [0.717, 1.165) is 0 Å². The van der Waals surface area contributed by atoms with Crippen molar-refractivity contribution < 1.29 is 23.0 Å². The Morgan fingerprint density at radius 1 is 1.26 bits per heavy atom. The Bertz CT molecular complexity index is 417. The molecule has 3 nitrogen and oxygen atoms in total. The van der Waals surface area contributed by atoms with Crippen LogP contribution in [0.3, 0.4) is 0 Å². The van der Waals surface area contributed by atoms with E-state index < -0.39 is 11.9 Å². The van der Waals surface area contributed by atoms with Crippen LogP contribution < -0.4 is 4.74 Å². The van der Waals surface area contributed by atoms with Gasteiger partial charge in [0, 0.05) is 5.56 Å². The fourth-order valence-electron chi connectivity index (χ4n) is 2.07. The smallest absolute Gasteiger partial charge is 0.387 e. The number of hydrogen-bond acceptors (Lipinski definition) is 3. The quantitative estimate of drug-likeness (QED) is 0.798. The third-order valence-corrected chi connectivity index (χ3v) is 3.25. The van der Waals surface area contributed by atoms with Crippen LogP contribution in [0.5, 0.6) is 5.75 Å². The molecule has 3 aliphatic rings. The molecule has 1 saturated carbocycles. The molecule has 2 heterocycles. The van der Waals surface area contributed by atoms with Gasteiger partial charge in [0.2, 0.25) is 0 Å². The lowest BCUT2D eigenvalue weighted by Gasteiger charge is -2.23. The highest BCUT2D eigenvalue weighted by atomic mass is 35.5. The van der Waals surface area contributed by atoms with Gasteiger partial charge in [-0.3, -0.25) is 4.79 Å². The molecule has 0 N–H and O–H groups in total. The minimum atomic E-state index is -2.86. The third kappa shape index (κ3) is 4.14. The van der Waals surface area contributed by atoms with E-state index in [9.17, 15) is 13.6 Å². The molecule has 2 unspecified atom stereocenters.